The molecule has 0 bridgehead atoms. The fourth-order valence-corrected chi connectivity index (χ4v) is 2.13. The van der Waals surface area contributed by atoms with Gasteiger partial charge >= 0.3 is 0 Å². The molecule has 2 rings (SSSR count). The molecule has 1 nitrogen and oxygen atoms in total. The molecular weight excluding hydrogens is 256 g/mol. The second-order valence-electron chi connectivity index (χ2n) is 5.04. The molecule has 2 aromatic carbocycles. The van der Waals surface area contributed by atoms with Crippen LogP contribution in [0.4, 0.5) is 0 Å². The van der Waals surface area contributed by atoms with Crippen molar-refractivity contribution >= 4 is 0 Å². The molecule has 0 heterocycles. The van der Waals surface area contributed by atoms with Crippen molar-refractivity contribution in [2.75, 3.05) is 0 Å². The molecule has 0 saturated heterocycles. The van der Waals surface area contributed by atoms with Gasteiger partial charge < -0.3 is 5.11 Å². The minimum absolute atomic E-state index is 0.220. The van der Waals surface area contributed by atoms with Crippen LogP contribution in [0.5, 0.6) is 0 Å². The zero-order valence-electron chi connectivity index (χ0n) is 12.5. The average Bonchev–Trinajstić information content (AvgIpc) is 2.50. The first kappa shape index (κ1) is 15.1. The quantitative estimate of drug-likeness (QED) is 0.662. The number of aliphatic hydroxyl groups is 1. The normalized spacial score (nSPS) is 13.5. The van der Waals surface area contributed by atoms with Crippen LogP contribution in [0.15, 0.2) is 66.7 Å². The van der Waals surface area contributed by atoms with E-state index in [1.54, 1.807) is 6.08 Å². The Morgan fingerprint density at radius 2 is 1.67 bits per heavy atom. The maximum Gasteiger partial charge on any atom is 0.0899 e. The number of allylic oxidation sites excluding steroid dienone is 1. The van der Waals surface area contributed by atoms with Crippen molar-refractivity contribution in [3.8, 4) is 11.8 Å². The van der Waals surface area contributed by atoms with E-state index in [2.05, 4.69) is 30.9 Å². The fourth-order valence-electron chi connectivity index (χ4n) is 2.13. The lowest BCUT2D eigenvalue weighted by molar-refractivity contribution is 0.210. The Hall–Kier alpha value is -2.30. The molecule has 0 fully saturated rings. The van der Waals surface area contributed by atoms with Gasteiger partial charge in [-0.15, -0.1) is 0 Å². The van der Waals surface area contributed by atoms with Crippen LogP contribution in [0.2, 0.25) is 0 Å². The topological polar surface area (TPSA) is 20.2 Å². The summed E-state index contributed by atoms with van der Waals surface area (Å²) < 4.78 is 0. The van der Waals surface area contributed by atoms with Crippen molar-refractivity contribution in [3.05, 3.63) is 83.4 Å². The van der Waals surface area contributed by atoms with Gasteiger partial charge in [-0.1, -0.05) is 72.0 Å². The smallest absolute Gasteiger partial charge is 0.0899 e. The lowest BCUT2D eigenvalue weighted by Crippen LogP contribution is -2.14. The highest BCUT2D eigenvalue weighted by atomic mass is 16.3. The molecule has 0 saturated carbocycles. The fraction of sp³-hybridized carbons (Fsp3) is 0.200. The summed E-state index contributed by atoms with van der Waals surface area (Å²) in [5.74, 6) is 6.14. The van der Waals surface area contributed by atoms with E-state index in [-0.39, 0.29) is 5.92 Å². The third-order valence-corrected chi connectivity index (χ3v) is 3.31. The van der Waals surface area contributed by atoms with Gasteiger partial charge in [0.25, 0.3) is 0 Å². The molecule has 2 aromatic rings. The minimum atomic E-state index is -0.603. The van der Waals surface area contributed by atoms with Crippen molar-refractivity contribution in [1.82, 2.24) is 0 Å². The highest BCUT2D eigenvalue weighted by molar-refractivity contribution is 5.39. The van der Waals surface area contributed by atoms with Gasteiger partial charge in [0, 0.05) is 5.56 Å². The first-order valence-corrected chi connectivity index (χ1v) is 7.14. The van der Waals surface area contributed by atoms with E-state index >= 15 is 0 Å². The van der Waals surface area contributed by atoms with Crippen molar-refractivity contribution in [2.45, 2.75) is 25.9 Å². The largest absolute Gasteiger partial charge is 0.387 e. The molecule has 106 valence electrons. The van der Waals surface area contributed by atoms with Crippen molar-refractivity contribution in [1.29, 1.82) is 0 Å². The highest BCUT2D eigenvalue weighted by Crippen LogP contribution is 2.21. The van der Waals surface area contributed by atoms with Crippen LogP contribution in [-0.4, -0.2) is 11.2 Å². The number of rotatable bonds is 3. The minimum Gasteiger partial charge on any atom is -0.387 e. The van der Waals surface area contributed by atoms with Gasteiger partial charge in [-0.3, -0.25) is 0 Å². The molecule has 0 spiro atoms. The van der Waals surface area contributed by atoms with E-state index in [9.17, 15) is 5.11 Å². The van der Waals surface area contributed by atoms with Crippen LogP contribution in [-0.2, 0) is 0 Å². The molecule has 0 aliphatic rings. The third-order valence-electron chi connectivity index (χ3n) is 3.31. The molecule has 1 N–H and O–H groups in total. The Labute approximate surface area is 127 Å². The maximum atomic E-state index is 10.3. The summed E-state index contributed by atoms with van der Waals surface area (Å²) in [6.45, 7) is 3.96. The summed E-state index contributed by atoms with van der Waals surface area (Å²) in [4.78, 5) is 0. The molecule has 0 aliphatic carbocycles. The molecule has 0 aliphatic heterocycles. The highest BCUT2D eigenvalue weighted by Gasteiger charge is 2.16. The lowest BCUT2D eigenvalue weighted by atomic mass is 9.92. The molecule has 0 radical (unpaired) electrons. The number of hydrogen-bond donors (Lipinski definition) is 1. The van der Waals surface area contributed by atoms with E-state index < -0.39 is 6.10 Å². The number of benzene rings is 2. The Kier molecular flexibility index (Phi) is 5.37. The van der Waals surface area contributed by atoms with E-state index in [0.29, 0.717) is 0 Å². The Morgan fingerprint density at radius 1 is 1.00 bits per heavy atom. The molecule has 2 atom stereocenters. The Morgan fingerprint density at radius 3 is 2.29 bits per heavy atom. The summed E-state index contributed by atoms with van der Waals surface area (Å²) in [6, 6.07) is 18.0. The van der Waals surface area contributed by atoms with Gasteiger partial charge in [0.2, 0.25) is 0 Å². The van der Waals surface area contributed by atoms with E-state index in [1.165, 1.54) is 5.56 Å². The monoisotopic (exact) mass is 276 g/mol. The second kappa shape index (κ2) is 7.47. The average molecular weight is 276 g/mol. The van der Waals surface area contributed by atoms with E-state index in [0.717, 1.165) is 11.1 Å². The predicted molar refractivity (Wildman–Crippen MR) is 88.1 cm³/mol. The van der Waals surface area contributed by atoms with Crippen LogP contribution in [0.25, 0.3) is 0 Å². The lowest BCUT2D eigenvalue weighted by Gasteiger charge is -2.15. The molecule has 0 amide bonds. The Bertz CT molecular complexity index is 642. The van der Waals surface area contributed by atoms with Crippen LogP contribution < -0.4 is 0 Å². The van der Waals surface area contributed by atoms with Crippen LogP contribution >= 0.6 is 0 Å². The second-order valence-corrected chi connectivity index (χ2v) is 5.04. The van der Waals surface area contributed by atoms with E-state index in [4.69, 9.17) is 0 Å². The zero-order chi connectivity index (χ0) is 15.1. The summed E-state index contributed by atoms with van der Waals surface area (Å²) in [6.07, 6.45) is 3.04. The number of aliphatic hydroxyl groups excluding tert-OH is 1. The molecule has 1 heteroatoms. The molecule has 21 heavy (non-hydrogen) atoms. The van der Waals surface area contributed by atoms with Crippen LogP contribution in [0.1, 0.15) is 29.5 Å². The molecule has 1 unspecified atom stereocenters. The Balaban J connectivity index is 2.33. The third kappa shape index (κ3) is 4.34. The van der Waals surface area contributed by atoms with Gasteiger partial charge in [-0.05, 0) is 31.5 Å². The van der Waals surface area contributed by atoms with Crippen LogP contribution in [0.3, 0.4) is 0 Å². The standard InChI is InChI=1S/C20H20O/c1-3-7-20(21)19(18-13-10-16(2)11-14-18)15-12-17-8-5-4-6-9-17/h3-11,13-14,19-21H,1-2H3/b7-3+/t19?,20-/m1/s1. The summed E-state index contributed by atoms with van der Waals surface area (Å²) in [5.41, 5.74) is 3.20. The van der Waals surface area contributed by atoms with Gasteiger partial charge in [0.1, 0.15) is 0 Å². The molecule has 0 aromatic heterocycles. The van der Waals surface area contributed by atoms with Gasteiger partial charge in [0.15, 0.2) is 0 Å². The van der Waals surface area contributed by atoms with E-state index in [1.807, 2.05) is 55.5 Å². The molecular formula is C20H20O. The first-order valence-electron chi connectivity index (χ1n) is 7.14. The van der Waals surface area contributed by atoms with Crippen molar-refractivity contribution < 1.29 is 5.11 Å². The summed E-state index contributed by atoms with van der Waals surface area (Å²) in [7, 11) is 0. The first-order chi connectivity index (χ1) is 10.2. The summed E-state index contributed by atoms with van der Waals surface area (Å²) in [5, 5.41) is 10.3. The van der Waals surface area contributed by atoms with Gasteiger partial charge in [0.05, 0.1) is 12.0 Å². The summed E-state index contributed by atoms with van der Waals surface area (Å²) >= 11 is 0. The van der Waals surface area contributed by atoms with Gasteiger partial charge in [-0.25, -0.2) is 0 Å². The zero-order valence-corrected chi connectivity index (χ0v) is 12.5. The van der Waals surface area contributed by atoms with Crippen LogP contribution in [0, 0.1) is 18.8 Å². The van der Waals surface area contributed by atoms with Crippen molar-refractivity contribution in [2.24, 2.45) is 0 Å². The number of aryl methyl sites for hydroxylation is 1. The number of hydrogen-bond acceptors (Lipinski definition) is 1. The van der Waals surface area contributed by atoms with Crippen molar-refractivity contribution in [3.63, 3.8) is 0 Å². The van der Waals surface area contributed by atoms with Gasteiger partial charge in [-0.2, -0.15) is 0 Å². The maximum absolute atomic E-state index is 10.3. The SMILES string of the molecule is C/C=C/[C@@H](O)C(C#Cc1ccccc1)c1ccc(C)cc1. The predicted octanol–water partition coefficient (Wildman–Crippen LogP) is 4.07.